The minimum Gasteiger partial charge on any atom is -0.388 e. The third-order valence-electron chi connectivity index (χ3n) is 4.21. The molecule has 0 radical (unpaired) electrons. The van der Waals surface area contributed by atoms with E-state index in [-0.39, 0.29) is 18.4 Å². The van der Waals surface area contributed by atoms with Crippen LogP contribution in [0.15, 0.2) is 24.3 Å². The molecule has 2 N–H and O–H groups in total. The van der Waals surface area contributed by atoms with Crippen molar-refractivity contribution in [2.24, 2.45) is 0 Å². The van der Waals surface area contributed by atoms with Crippen molar-refractivity contribution in [3.05, 3.63) is 34.9 Å². The van der Waals surface area contributed by atoms with E-state index >= 15 is 0 Å². The second-order valence-electron chi connectivity index (χ2n) is 6.09. The lowest BCUT2D eigenvalue weighted by molar-refractivity contribution is -0.123. The summed E-state index contributed by atoms with van der Waals surface area (Å²) in [7, 11) is 0. The van der Waals surface area contributed by atoms with Gasteiger partial charge in [-0.15, -0.1) is 0 Å². The second kappa shape index (κ2) is 8.64. The topological polar surface area (TPSA) is 61.8 Å². The van der Waals surface area contributed by atoms with Crippen LogP contribution in [0.3, 0.4) is 0 Å². The highest BCUT2D eigenvalue weighted by Gasteiger charge is 2.24. The number of hydrogen-bond donors (Lipinski definition) is 2. The molecule has 0 saturated carbocycles. The van der Waals surface area contributed by atoms with E-state index in [1.807, 2.05) is 0 Å². The Kier molecular flexibility index (Phi) is 6.84. The van der Waals surface area contributed by atoms with Gasteiger partial charge in [0, 0.05) is 30.2 Å². The van der Waals surface area contributed by atoms with Crippen molar-refractivity contribution < 1.29 is 14.6 Å². The van der Waals surface area contributed by atoms with E-state index in [1.165, 1.54) is 0 Å². The van der Waals surface area contributed by atoms with E-state index in [2.05, 4.69) is 24.1 Å². The molecule has 3 atom stereocenters. The zero-order chi connectivity index (χ0) is 16.8. The highest BCUT2D eigenvalue weighted by molar-refractivity contribution is 6.30. The number of ether oxygens (including phenoxy) is 1. The summed E-state index contributed by atoms with van der Waals surface area (Å²) in [6.45, 7) is 7.13. The number of aliphatic hydroxyl groups excluding tert-OH is 1. The Labute approximate surface area is 142 Å². The molecule has 1 aliphatic heterocycles. The Balaban J connectivity index is 1.76. The van der Waals surface area contributed by atoms with E-state index in [0.717, 1.165) is 19.8 Å². The number of hydrogen-bond acceptors (Lipinski definition) is 4. The lowest BCUT2D eigenvalue weighted by Gasteiger charge is -2.37. The van der Waals surface area contributed by atoms with Crippen molar-refractivity contribution in [1.29, 1.82) is 0 Å². The minimum absolute atomic E-state index is 0.0486. The second-order valence-corrected chi connectivity index (χ2v) is 6.52. The molecule has 0 aromatic heterocycles. The SMILES string of the molecule is CC(CNC(=O)CC(O)c1ccc(Cl)cc1)N1CCOCC1C. The smallest absolute Gasteiger partial charge is 0.223 e. The number of halogens is 1. The third kappa shape index (κ3) is 5.46. The summed E-state index contributed by atoms with van der Waals surface area (Å²) >= 11 is 5.82. The molecule has 1 amide bonds. The van der Waals surface area contributed by atoms with Gasteiger partial charge in [-0.3, -0.25) is 9.69 Å². The van der Waals surface area contributed by atoms with E-state index in [1.54, 1.807) is 24.3 Å². The molecule has 1 heterocycles. The van der Waals surface area contributed by atoms with Crippen LogP contribution in [-0.2, 0) is 9.53 Å². The fourth-order valence-corrected chi connectivity index (χ4v) is 2.95. The number of rotatable bonds is 6. The Morgan fingerprint density at radius 3 is 2.83 bits per heavy atom. The van der Waals surface area contributed by atoms with Crippen molar-refractivity contribution in [2.75, 3.05) is 26.3 Å². The maximum Gasteiger partial charge on any atom is 0.223 e. The predicted molar refractivity (Wildman–Crippen MR) is 90.5 cm³/mol. The van der Waals surface area contributed by atoms with Crippen molar-refractivity contribution in [2.45, 2.75) is 38.5 Å². The van der Waals surface area contributed by atoms with Gasteiger partial charge in [0.1, 0.15) is 0 Å². The number of carbonyl (C=O) groups is 1. The van der Waals surface area contributed by atoms with Crippen molar-refractivity contribution in [1.82, 2.24) is 10.2 Å². The molecule has 1 saturated heterocycles. The molecular weight excluding hydrogens is 316 g/mol. The number of benzene rings is 1. The number of nitrogens with zero attached hydrogens (tertiary/aromatic N) is 1. The van der Waals surface area contributed by atoms with Gasteiger partial charge in [-0.25, -0.2) is 0 Å². The largest absolute Gasteiger partial charge is 0.388 e. The summed E-state index contributed by atoms with van der Waals surface area (Å²) in [5, 5.41) is 13.6. The first-order valence-corrected chi connectivity index (χ1v) is 8.39. The van der Waals surface area contributed by atoms with Gasteiger partial charge in [-0.1, -0.05) is 23.7 Å². The highest BCUT2D eigenvalue weighted by atomic mass is 35.5. The zero-order valence-electron chi connectivity index (χ0n) is 13.7. The van der Waals surface area contributed by atoms with Crippen LogP contribution in [0.25, 0.3) is 0 Å². The molecule has 2 rings (SSSR count). The maximum atomic E-state index is 12.0. The first-order chi connectivity index (χ1) is 11.0. The van der Waals surface area contributed by atoms with Crippen LogP contribution in [0.4, 0.5) is 0 Å². The highest BCUT2D eigenvalue weighted by Crippen LogP contribution is 2.19. The van der Waals surface area contributed by atoms with Gasteiger partial charge in [0.15, 0.2) is 0 Å². The van der Waals surface area contributed by atoms with Crippen LogP contribution in [-0.4, -0.2) is 54.3 Å². The molecule has 23 heavy (non-hydrogen) atoms. The Bertz CT molecular complexity index is 509. The summed E-state index contributed by atoms with van der Waals surface area (Å²) in [5.74, 6) is -0.153. The normalized spacial score (nSPS) is 21.7. The maximum absolute atomic E-state index is 12.0. The predicted octanol–water partition coefficient (Wildman–Crippen LogP) is 1.99. The Morgan fingerprint density at radius 2 is 2.17 bits per heavy atom. The van der Waals surface area contributed by atoms with Crippen LogP contribution in [0.1, 0.15) is 31.9 Å². The van der Waals surface area contributed by atoms with E-state index in [9.17, 15) is 9.90 Å². The monoisotopic (exact) mass is 340 g/mol. The van der Waals surface area contributed by atoms with Crippen LogP contribution >= 0.6 is 11.6 Å². The van der Waals surface area contributed by atoms with Crippen molar-refractivity contribution in [3.63, 3.8) is 0 Å². The van der Waals surface area contributed by atoms with Crippen molar-refractivity contribution in [3.8, 4) is 0 Å². The third-order valence-corrected chi connectivity index (χ3v) is 4.47. The van der Waals surface area contributed by atoms with Gasteiger partial charge in [0.05, 0.1) is 25.7 Å². The number of morpholine rings is 1. The standard InChI is InChI=1S/C17H25ClN2O3/c1-12(20-7-8-23-11-13(20)2)10-19-17(22)9-16(21)14-3-5-15(18)6-4-14/h3-6,12-13,16,21H,7-11H2,1-2H3,(H,19,22). The summed E-state index contributed by atoms with van der Waals surface area (Å²) in [6, 6.07) is 7.48. The molecular formula is C17H25ClN2O3. The molecule has 128 valence electrons. The molecule has 1 fully saturated rings. The summed E-state index contributed by atoms with van der Waals surface area (Å²) in [6.07, 6.45) is -0.766. The summed E-state index contributed by atoms with van der Waals surface area (Å²) in [5.41, 5.74) is 0.694. The molecule has 5 nitrogen and oxygen atoms in total. The molecule has 3 unspecified atom stereocenters. The average Bonchev–Trinajstić information content (AvgIpc) is 2.53. The lowest BCUT2D eigenvalue weighted by Crippen LogP contribution is -2.51. The molecule has 0 spiro atoms. The first kappa shape index (κ1) is 18.2. The zero-order valence-corrected chi connectivity index (χ0v) is 14.4. The van der Waals surface area contributed by atoms with Crippen LogP contribution in [0.5, 0.6) is 0 Å². The number of nitrogens with one attached hydrogen (secondary N) is 1. The minimum atomic E-state index is -0.815. The van der Waals surface area contributed by atoms with Gasteiger partial charge in [0.25, 0.3) is 0 Å². The fourth-order valence-electron chi connectivity index (χ4n) is 2.82. The van der Waals surface area contributed by atoms with Crippen LogP contribution in [0, 0.1) is 0 Å². The van der Waals surface area contributed by atoms with Gasteiger partial charge in [0.2, 0.25) is 5.91 Å². The first-order valence-electron chi connectivity index (χ1n) is 8.01. The average molecular weight is 341 g/mol. The van der Waals surface area contributed by atoms with Gasteiger partial charge < -0.3 is 15.2 Å². The van der Waals surface area contributed by atoms with Crippen LogP contribution in [0.2, 0.25) is 5.02 Å². The van der Waals surface area contributed by atoms with Crippen LogP contribution < -0.4 is 5.32 Å². The fraction of sp³-hybridized carbons (Fsp3) is 0.588. The van der Waals surface area contributed by atoms with E-state index < -0.39 is 6.10 Å². The lowest BCUT2D eigenvalue weighted by atomic mass is 10.1. The van der Waals surface area contributed by atoms with Gasteiger partial charge in [-0.05, 0) is 31.5 Å². The quantitative estimate of drug-likeness (QED) is 0.831. The molecule has 1 aromatic carbocycles. The number of amides is 1. The Hall–Kier alpha value is -1.14. The molecule has 0 bridgehead atoms. The van der Waals surface area contributed by atoms with Gasteiger partial charge >= 0.3 is 0 Å². The molecule has 0 aliphatic carbocycles. The summed E-state index contributed by atoms with van der Waals surface area (Å²) < 4.78 is 5.43. The molecule has 1 aliphatic rings. The number of carbonyl (C=O) groups excluding carboxylic acids is 1. The molecule has 1 aromatic rings. The van der Waals surface area contributed by atoms with Gasteiger partial charge in [-0.2, -0.15) is 0 Å². The van der Waals surface area contributed by atoms with E-state index in [4.69, 9.17) is 16.3 Å². The van der Waals surface area contributed by atoms with E-state index in [0.29, 0.717) is 23.2 Å². The number of aliphatic hydroxyl groups is 1. The van der Waals surface area contributed by atoms with Crippen molar-refractivity contribution >= 4 is 17.5 Å². The summed E-state index contributed by atoms with van der Waals surface area (Å²) in [4.78, 5) is 14.4. The Morgan fingerprint density at radius 1 is 1.48 bits per heavy atom. The molecule has 6 heteroatoms.